The van der Waals surface area contributed by atoms with E-state index in [1.165, 1.54) is 7.11 Å². The summed E-state index contributed by atoms with van der Waals surface area (Å²) in [4.78, 5) is 26.5. The van der Waals surface area contributed by atoms with Crippen molar-refractivity contribution in [2.45, 2.75) is 45.3 Å². The lowest BCUT2D eigenvalue weighted by atomic mass is 9.88. The van der Waals surface area contributed by atoms with Crippen LogP contribution in [-0.4, -0.2) is 69.5 Å². The average molecular weight is 495 g/mol. The fraction of sp³-hybridized carbons (Fsp3) is 0.680. The van der Waals surface area contributed by atoms with Crippen molar-refractivity contribution in [3.63, 3.8) is 0 Å². The number of nitrogens with zero attached hydrogens (tertiary/aromatic N) is 1. The van der Waals surface area contributed by atoms with Crippen molar-refractivity contribution in [2.75, 3.05) is 46.4 Å². The van der Waals surface area contributed by atoms with Crippen molar-refractivity contribution >= 4 is 23.7 Å². The molecule has 0 saturated carbocycles. The Hall–Kier alpha value is -2.03. The first-order chi connectivity index (χ1) is 16.4. The highest BCUT2D eigenvalue weighted by molar-refractivity contribution is 6.30. The molecule has 9 heteroatoms. The number of halogens is 1. The largest absolute Gasteiger partial charge is 0.453 e. The van der Waals surface area contributed by atoms with E-state index in [0.29, 0.717) is 36.6 Å². The molecule has 4 atom stereocenters. The first kappa shape index (κ1) is 26.6. The standard InChI is InChI=1S/C25H39ClN4O4/c1-17(2)12-20-14-27-15-22(20)29-24(31)30-10-5-7-19(16-30)23(18-6-4-8-21(26)13-18)34-11-9-28-25(32)33-3/h4,6,8,13,17,19-20,22-23,27H,5,7,9-12,14-16H2,1-3H3,(H,28,32)(H,29,31)/t19-,20-,22+,23?/m1/s1. The van der Waals surface area contributed by atoms with Gasteiger partial charge in [-0.1, -0.05) is 37.6 Å². The van der Waals surface area contributed by atoms with Gasteiger partial charge in [-0.15, -0.1) is 0 Å². The molecule has 0 spiro atoms. The van der Waals surface area contributed by atoms with Crippen molar-refractivity contribution in [2.24, 2.45) is 17.8 Å². The van der Waals surface area contributed by atoms with Crippen molar-refractivity contribution in [3.8, 4) is 0 Å². The number of urea groups is 1. The molecule has 34 heavy (non-hydrogen) atoms. The molecule has 2 saturated heterocycles. The molecule has 1 aromatic rings. The van der Waals surface area contributed by atoms with Crippen LogP contribution in [0.2, 0.25) is 5.02 Å². The molecule has 8 nitrogen and oxygen atoms in total. The van der Waals surface area contributed by atoms with Crippen LogP contribution in [0.1, 0.15) is 44.8 Å². The van der Waals surface area contributed by atoms with Gasteiger partial charge < -0.3 is 30.3 Å². The predicted molar refractivity (Wildman–Crippen MR) is 133 cm³/mol. The smallest absolute Gasteiger partial charge is 0.406 e. The van der Waals surface area contributed by atoms with E-state index in [1.54, 1.807) is 0 Å². The summed E-state index contributed by atoms with van der Waals surface area (Å²) in [5, 5.41) is 10.0. The second kappa shape index (κ2) is 13.2. The maximum atomic E-state index is 13.2. The van der Waals surface area contributed by atoms with E-state index in [1.807, 2.05) is 29.2 Å². The molecule has 3 amide bonds. The van der Waals surface area contributed by atoms with Crippen LogP contribution in [0.4, 0.5) is 9.59 Å². The normalized spacial score (nSPS) is 23.6. The number of methoxy groups -OCH3 is 1. The first-order valence-electron chi connectivity index (χ1n) is 12.3. The Morgan fingerprint density at radius 1 is 1.29 bits per heavy atom. The number of carbonyl (C=O) groups excluding carboxylic acids is 2. The van der Waals surface area contributed by atoms with E-state index in [4.69, 9.17) is 16.3 Å². The van der Waals surface area contributed by atoms with Crippen LogP contribution in [0.15, 0.2) is 24.3 Å². The number of carbonyl (C=O) groups is 2. The molecule has 1 aromatic carbocycles. The van der Waals surface area contributed by atoms with Gasteiger partial charge in [-0.2, -0.15) is 0 Å². The number of hydrogen-bond acceptors (Lipinski definition) is 5. The number of likely N-dealkylation sites (tertiary alicyclic amines) is 1. The minimum Gasteiger partial charge on any atom is -0.453 e. The molecule has 2 aliphatic heterocycles. The van der Waals surface area contributed by atoms with Gasteiger partial charge in [0, 0.05) is 49.7 Å². The summed E-state index contributed by atoms with van der Waals surface area (Å²) < 4.78 is 10.9. The summed E-state index contributed by atoms with van der Waals surface area (Å²) in [6, 6.07) is 7.84. The van der Waals surface area contributed by atoms with Crippen LogP contribution < -0.4 is 16.0 Å². The van der Waals surface area contributed by atoms with Crippen LogP contribution in [0.5, 0.6) is 0 Å². The zero-order valence-electron chi connectivity index (χ0n) is 20.5. The lowest BCUT2D eigenvalue weighted by molar-refractivity contribution is -0.00865. The summed E-state index contributed by atoms with van der Waals surface area (Å²) in [5.74, 6) is 1.20. The van der Waals surface area contributed by atoms with E-state index < -0.39 is 6.09 Å². The molecule has 3 N–H and O–H groups in total. The molecule has 2 heterocycles. The number of ether oxygens (including phenoxy) is 2. The van der Waals surface area contributed by atoms with Crippen LogP contribution in [0.3, 0.4) is 0 Å². The Kier molecular flexibility index (Phi) is 10.3. The van der Waals surface area contributed by atoms with Crippen LogP contribution in [-0.2, 0) is 9.47 Å². The molecular formula is C25H39ClN4O4. The minimum absolute atomic E-state index is 0.00404. The molecule has 2 aliphatic rings. The van der Waals surface area contributed by atoms with Gasteiger partial charge in [0.1, 0.15) is 0 Å². The predicted octanol–water partition coefficient (Wildman–Crippen LogP) is 3.81. The fourth-order valence-electron chi connectivity index (χ4n) is 5.05. The second-order valence-corrected chi connectivity index (χ2v) is 10.2. The molecule has 3 rings (SSSR count). The molecular weight excluding hydrogens is 456 g/mol. The van der Waals surface area contributed by atoms with Crippen LogP contribution >= 0.6 is 11.6 Å². The summed E-state index contributed by atoms with van der Waals surface area (Å²) in [7, 11) is 1.33. The average Bonchev–Trinajstić information content (AvgIpc) is 3.24. The summed E-state index contributed by atoms with van der Waals surface area (Å²) >= 11 is 6.26. The Morgan fingerprint density at radius 3 is 2.85 bits per heavy atom. The number of amides is 3. The van der Waals surface area contributed by atoms with Gasteiger partial charge in [0.2, 0.25) is 0 Å². The highest BCUT2D eigenvalue weighted by atomic mass is 35.5. The van der Waals surface area contributed by atoms with Crippen molar-refractivity contribution in [3.05, 3.63) is 34.9 Å². The van der Waals surface area contributed by atoms with E-state index in [-0.39, 0.29) is 24.1 Å². The van der Waals surface area contributed by atoms with Crippen molar-refractivity contribution in [1.82, 2.24) is 20.9 Å². The van der Waals surface area contributed by atoms with Crippen molar-refractivity contribution in [1.29, 1.82) is 0 Å². The minimum atomic E-state index is -0.486. The molecule has 0 radical (unpaired) electrons. The number of nitrogens with one attached hydrogen (secondary N) is 3. The summed E-state index contributed by atoms with van der Waals surface area (Å²) in [5.41, 5.74) is 0.981. The maximum absolute atomic E-state index is 13.2. The van der Waals surface area contributed by atoms with Crippen molar-refractivity contribution < 1.29 is 19.1 Å². The maximum Gasteiger partial charge on any atom is 0.406 e. The number of benzene rings is 1. The third-order valence-corrected chi connectivity index (χ3v) is 6.86. The molecule has 2 fully saturated rings. The Bertz CT molecular complexity index is 809. The van der Waals surface area contributed by atoms with Gasteiger partial charge in [0.25, 0.3) is 0 Å². The van der Waals surface area contributed by atoms with Gasteiger partial charge >= 0.3 is 12.1 Å². The van der Waals surface area contributed by atoms with E-state index >= 15 is 0 Å². The Labute approximate surface area is 208 Å². The third-order valence-electron chi connectivity index (χ3n) is 6.63. The Morgan fingerprint density at radius 2 is 2.12 bits per heavy atom. The number of piperidine rings is 1. The monoisotopic (exact) mass is 494 g/mol. The molecule has 0 aliphatic carbocycles. The lowest BCUT2D eigenvalue weighted by Crippen LogP contribution is -2.51. The number of alkyl carbamates (subject to hydrolysis) is 1. The van der Waals surface area contributed by atoms with Gasteiger partial charge in [0.05, 0.1) is 19.8 Å². The second-order valence-electron chi connectivity index (χ2n) is 9.72. The van der Waals surface area contributed by atoms with E-state index in [9.17, 15) is 9.59 Å². The molecule has 0 bridgehead atoms. The zero-order chi connectivity index (χ0) is 24.5. The zero-order valence-corrected chi connectivity index (χ0v) is 21.3. The quantitative estimate of drug-likeness (QED) is 0.454. The fourth-order valence-corrected chi connectivity index (χ4v) is 5.24. The summed E-state index contributed by atoms with van der Waals surface area (Å²) in [6.45, 7) is 8.25. The van der Waals surface area contributed by atoms with E-state index in [0.717, 1.165) is 44.5 Å². The van der Waals surface area contributed by atoms with Gasteiger partial charge in [-0.25, -0.2) is 9.59 Å². The highest BCUT2D eigenvalue weighted by Gasteiger charge is 2.34. The van der Waals surface area contributed by atoms with Crippen LogP contribution in [0, 0.1) is 17.8 Å². The van der Waals surface area contributed by atoms with Crippen LogP contribution in [0.25, 0.3) is 0 Å². The highest BCUT2D eigenvalue weighted by Crippen LogP contribution is 2.34. The number of rotatable bonds is 9. The topological polar surface area (TPSA) is 91.9 Å². The number of hydrogen-bond donors (Lipinski definition) is 3. The van der Waals surface area contributed by atoms with Gasteiger partial charge in [0.15, 0.2) is 0 Å². The SMILES string of the molecule is COC(=O)NCCOC(c1cccc(Cl)c1)[C@@H]1CCCN(C(=O)N[C@H]2CNC[C@H]2CC(C)C)C1. The van der Waals surface area contributed by atoms with Gasteiger partial charge in [-0.05, 0) is 48.8 Å². The molecule has 0 aromatic heterocycles. The Balaban J connectivity index is 1.63. The molecule has 190 valence electrons. The van der Waals surface area contributed by atoms with E-state index in [2.05, 4.69) is 34.5 Å². The third kappa shape index (κ3) is 7.75. The summed E-state index contributed by atoms with van der Waals surface area (Å²) in [6.07, 6.45) is 2.25. The molecule has 1 unspecified atom stereocenters. The van der Waals surface area contributed by atoms with Gasteiger partial charge in [-0.3, -0.25) is 0 Å². The lowest BCUT2D eigenvalue weighted by Gasteiger charge is -2.38. The first-order valence-corrected chi connectivity index (χ1v) is 12.7.